The van der Waals surface area contributed by atoms with Crippen molar-refractivity contribution in [3.63, 3.8) is 0 Å². The van der Waals surface area contributed by atoms with Crippen LogP contribution in [0.5, 0.6) is 0 Å². The van der Waals surface area contributed by atoms with E-state index in [1.165, 1.54) is 29.8 Å². The number of aliphatic hydroxyl groups excluding tert-OH is 2. The molecule has 140 valence electrons. The SMILES string of the molecule is Cc1cn([C@H]2C[C@H](O)[C@@](C#N)(CO)C2)c(=O)n(C(=O)c2ccccc2)c1=O. The minimum Gasteiger partial charge on any atom is -0.395 e. The van der Waals surface area contributed by atoms with Crippen LogP contribution in [-0.4, -0.2) is 38.0 Å². The molecule has 3 rings (SSSR count). The van der Waals surface area contributed by atoms with Gasteiger partial charge in [0.2, 0.25) is 0 Å². The van der Waals surface area contributed by atoms with Gasteiger partial charge in [0.05, 0.1) is 18.8 Å². The van der Waals surface area contributed by atoms with Gasteiger partial charge in [-0.15, -0.1) is 0 Å². The summed E-state index contributed by atoms with van der Waals surface area (Å²) in [5, 5.41) is 29.1. The fraction of sp³-hybridized carbons (Fsp3) is 0.368. The average molecular weight is 369 g/mol. The van der Waals surface area contributed by atoms with Gasteiger partial charge in [0.15, 0.2) is 0 Å². The molecule has 0 bridgehead atoms. The maximum atomic E-state index is 12.9. The Kier molecular flexibility index (Phi) is 4.83. The molecular weight excluding hydrogens is 350 g/mol. The first-order valence-electron chi connectivity index (χ1n) is 8.49. The highest BCUT2D eigenvalue weighted by atomic mass is 16.3. The number of hydrogen-bond acceptors (Lipinski definition) is 6. The van der Waals surface area contributed by atoms with E-state index in [0.29, 0.717) is 4.57 Å². The first-order valence-corrected chi connectivity index (χ1v) is 8.49. The third kappa shape index (κ3) is 3.01. The van der Waals surface area contributed by atoms with E-state index in [9.17, 15) is 29.9 Å². The van der Waals surface area contributed by atoms with Gasteiger partial charge in [0.25, 0.3) is 11.5 Å². The van der Waals surface area contributed by atoms with Crippen molar-refractivity contribution in [1.29, 1.82) is 5.26 Å². The first kappa shape index (κ1) is 18.8. The summed E-state index contributed by atoms with van der Waals surface area (Å²) in [6.07, 6.45) is 0.320. The van der Waals surface area contributed by atoms with Gasteiger partial charge in [-0.1, -0.05) is 18.2 Å². The highest BCUT2D eigenvalue weighted by molar-refractivity contribution is 5.95. The van der Waals surface area contributed by atoms with Crippen LogP contribution in [0.2, 0.25) is 0 Å². The molecule has 0 radical (unpaired) electrons. The summed E-state index contributed by atoms with van der Waals surface area (Å²) >= 11 is 0. The lowest BCUT2D eigenvalue weighted by Gasteiger charge is -2.21. The number of nitriles is 1. The fourth-order valence-corrected chi connectivity index (χ4v) is 3.51. The Balaban J connectivity index is 2.12. The minimum absolute atomic E-state index is 0.0399. The van der Waals surface area contributed by atoms with Crippen LogP contribution in [0.25, 0.3) is 0 Å². The largest absolute Gasteiger partial charge is 0.395 e. The third-order valence-corrected chi connectivity index (χ3v) is 5.14. The molecule has 8 heteroatoms. The van der Waals surface area contributed by atoms with E-state index in [0.717, 1.165) is 0 Å². The molecule has 1 fully saturated rings. The average Bonchev–Trinajstić information content (AvgIpc) is 3.02. The predicted molar refractivity (Wildman–Crippen MR) is 95.3 cm³/mol. The monoisotopic (exact) mass is 369 g/mol. The molecule has 1 heterocycles. The summed E-state index contributed by atoms with van der Waals surface area (Å²) < 4.78 is 1.78. The van der Waals surface area contributed by atoms with Gasteiger partial charge >= 0.3 is 5.69 Å². The number of aryl methyl sites for hydroxylation is 1. The van der Waals surface area contributed by atoms with E-state index in [4.69, 9.17) is 0 Å². The van der Waals surface area contributed by atoms with E-state index in [1.807, 2.05) is 6.07 Å². The number of nitrogens with zero attached hydrogens (tertiary/aromatic N) is 3. The standard InChI is InChI=1S/C19H19N3O5/c1-12-9-21(14-7-15(24)19(8-14,10-20)11-23)18(27)22(16(12)25)17(26)13-5-3-2-4-6-13/h2-6,9,14-15,23-24H,7-8,11H2,1H3/t14-,15-,19-/m0/s1. The lowest BCUT2D eigenvalue weighted by atomic mass is 9.87. The molecule has 2 aromatic rings. The zero-order chi connectivity index (χ0) is 19.8. The van der Waals surface area contributed by atoms with Gasteiger partial charge in [0, 0.05) is 23.4 Å². The number of aromatic nitrogens is 2. The van der Waals surface area contributed by atoms with E-state index in [-0.39, 0.29) is 24.0 Å². The lowest BCUT2D eigenvalue weighted by Crippen LogP contribution is -2.45. The molecule has 0 amide bonds. The second-order valence-corrected chi connectivity index (χ2v) is 6.85. The molecule has 0 unspecified atom stereocenters. The van der Waals surface area contributed by atoms with Crippen LogP contribution in [0.15, 0.2) is 46.1 Å². The molecule has 2 N–H and O–H groups in total. The predicted octanol–water partition coefficient (Wildman–Crippen LogP) is 0.205. The quantitative estimate of drug-likeness (QED) is 0.796. The Morgan fingerprint density at radius 2 is 2.00 bits per heavy atom. The second kappa shape index (κ2) is 6.95. The maximum absolute atomic E-state index is 12.9. The summed E-state index contributed by atoms with van der Waals surface area (Å²) in [5.74, 6) is -0.740. The van der Waals surface area contributed by atoms with Crippen LogP contribution in [0, 0.1) is 23.7 Å². The maximum Gasteiger partial charge on any atom is 0.338 e. The van der Waals surface area contributed by atoms with Crippen LogP contribution >= 0.6 is 0 Å². The van der Waals surface area contributed by atoms with Crippen LogP contribution in [-0.2, 0) is 0 Å². The van der Waals surface area contributed by atoms with Crippen molar-refractivity contribution >= 4 is 5.91 Å². The van der Waals surface area contributed by atoms with Crippen molar-refractivity contribution in [3.05, 3.63) is 68.5 Å². The van der Waals surface area contributed by atoms with Crippen molar-refractivity contribution in [2.75, 3.05) is 6.61 Å². The number of rotatable bonds is 3. The normalized spacial score (nSPS) is 24.5. The summed E-state index contributed by atoms with van der Waals surface area (Å²) in [7, 11) is 0. The van der Waals surface area contributed by atoms with Gasteiger partial charge in [0.1, 0.15) is 5.41 Å². The molecule has 1 aliphatic rings. The van der Waals surface area contributed by atoms with Gasteiger partial charge in [-0.25, -0.2) is 4.79 Å². The van der Waals surface area contributed by atoms with Crippen molar-refractivity contribution in [2.24, 2.45) is 5.41 Å². The first-order chi connectivity index (χ1) is 12.8. The Morgan fingerprint density at radius 1 is 1.33 bits per heavy atom. The number of carbonyl (C=O) groups is 1. The lowest BCUT2D eigenvalue weighted by molar-refractivity contribution is 0.0460. The Bertz CT molecular complexity index is 1030. The van der Waals surface area contributed by atoms with Gasteiger partial charge in [-0.2, -0.15) is 9.83 Å². The number of aliphatic hydroxyl groups is 2. The summed E-state index contributed by atoms with van der Waals surface area (Å²) in [4.78, 5) is 38.1. The number of carbonyl (C=O) groups excluding carboxylic acids is 1. The van der Waals surface area contributed by atoms with Crippen molar-refractivity contribution in [1.82, 2.24) is 9.13 Å². The van der Waals surface area contributed by atoms with E-state index in [2.05, 4.69) is 0 Å². The molecule has 1 aliphatic carbocycles. The van der Waals surface area contributed by atoms with Crippen molar-refractivity contribution in [2.45, 2.75) is 31.9 Å². The molecule has 0 saturated heterocycles. The van der Waals surface area contributed by atoms with E-state index >= 15 is 0 Å². The van der Waals surface area contributed by atoms with Crippen LogP contribution in [0.4, 0.5) is 0 Å². The molecule has 0 aliphatic heterocycles. The van der Waals surface area contributed by atoms with Gasteiger partial charge in [-0.3, -0.25) is 14.2 Å². The Morgan fingerprint density at radius 3 is 2.56 bits per heavy atom. The number of hydrogen-bond donors (Lipinski definition) is 2. The summed E-state index contributed by atoms with van der Waals surface area (Å²) in [5.41, 5.74) is -2.53. The Labute approximate surface area is 154 Å². The zero-order valence-electron chi connectivity index (χ0n) is 14.7. The smallest absolute Gasteiger partial charge is 0.338 e. The fourth-order valence-electron chi connectivity index (χ4n) is 3.51. The van der Waals surface area contributed by atoms with Gasteiger partial charge in [-0.05, 0) is 31.9 Å². The molecule has 1 aromatic heterocycles. The molecule has 27 heavy (non-hydrogen) atoms. The highest BCUT2D eigenvalue weighted by Crippen LogP contribution is 2.43. The molecular formula is C19H19N3O5. The molecule has 0 spiro atoms. The van der Waals surface area contributed by atoms with Crippen molar-refractivity contribution in [3.8, 4) is 6.07 Å². The Hall–Kier alpha value is -3.02. The molecule has 3 atom stereocenters. The topological polar surface area (TPSA) is 125 Å². The second-order valence-electron chi connectivity index (χ2n) is 6.85. The molecule has 8 nitrogen and oxygen atoms in total. The minimum atomic E-state index is -1.37. The summed E-state index contributed by atoms with van der Waals surface area (Å²) in [6.45, 7) is 0.944. The van der Waals surface area contributed by atoms with E-state index in [1.54, 1.807) is 18.2 Å². The van der Waals surface area contributed by atoms with E-state index < -0.39 is 41.3 Å². The van der Waals surface area contributed by atoms with Crippen molar-refractivity contribution < 1.29 is 15.0 Å². The van der Waals surface area contributed by atoms with Crippen LogP contribution in [0.3, 0.4) is 0 Å². The molecule has 1 saturated carbocycles. The van der Waals surface area contributed by atoms with Gasteiger partial charge < -0.3 is 10.2 Å². The van der Waals surface area contributed by atoms with Crippen LogP contribution in [0.1, 0.15) is 34.8 Å². The number of benzene rings is 1. The highest BCUT2D eigenvalue weighted by Gasteiger charge is 2.48. The zero-order valence-corrected chi connectivity index (χ0v) is 14.7. The molecule has 1 aromatic carbocycles. The van der Waals surface area contributed by atoms with Crippen LogP contribution < -0.4 is 11.2 Å². The third-order valence-electron chi connectivity index (χ3n) is 5.14. The summed E-state index contributed by atoms with van der Waals surface area (Å²) in [6, 6.07) is 9.30.